The second-order valence-electron chi connectivity index (χ2n) is 5.33. The number of anilines is 1. The maximum Gasteiger partial charge on any atom is 0.312 e. The van der Waals surface area contributed by atoms with Crippen molar-refractivity contribution in [2.45, 2.75) is 26.2 Å². The van der Waals surface area contributed by atoms with Crippen LogP contribution in [0, 0.1) is 16.0 Å². The zero-order valence-electron chi connectivity index (χ0n) is 11.9. The number of pyridine rings is 1. The molecule has 1 saturated heterocycles. The predicted molar refractivity (Wildman–Crippen MR) is 78.6 cm³/mol. The number of amidine groups is 1. The third-order valence-corrected chi connectivity index (χ3v) is 3.76. The summed E-state index contributed by atoms with van der Waals surface area (Å²) in [6.45, 7) is 3.69. The van der Waals surface area contributed by atoms with E-state index >= 15 is 0 Å². The Morgan fingerprint density at radius 1 is 1.57 bits per heavy atom. The SMILES string of the molecule is CC1CCCN(c2ncc(C(N)=NO)cc2[N+](=O)[O-])CC1. The predicted octanol–water partition coefficient (Wildman–Crippen LogP) is 1.71. The maximum atomic E-state index is 11.3. The van der Waals surface area contributed by atoms with E-state index in [1.807, 2.05) is 4.90 Å². The number of hydrogen-bond donors (Lipinski definition) is 2. The second kappa shape index (κ2) is 6.38. The van der Waals surface area contributed by atoms with Gasteiger partial charge in [0.05, 0.1) is 4.92 Å². The Hall–Kier alpha value is -2.38. The molecule has 0 spiro atoms. The van der Waals surface area contributed by atoms with Crippen LogP contribution in [0.4, 0.5) is 11.5 Å². The molecule has 1 aliphatic rings. The first-order chi connectivity index (χ1) is 10.0. The molecule has 0 radical (unpaired) electrons. The second-order valence-corrected chi connectivity index (χ2v) is 5.33. The highest BCUT2D eigenvalue weighted by Crippen LogP contribution is 2.29. The van der Waals surface area contributed by atoms with Gasteiger partial charge in [-0.25, -0.2) is 4.98 Å². The zero-order valence-corrected chi connectivity index (χ0v) is 11.9. The topological polar surface area (TPSA) is 118 Å². The average molecular weight is 293 g/mol. The van der Waals surface area contributed by atoms with Crippen LogP contribution in [0.15, 0.2) is 17.4 Å². The Morgan fingerprint density at radius 2 is 2.33 bits per heavy atom. The van der Waals surface area contributed by atoms with Crippen molar-refractivity contribution in [2.24, 2.45) is 16.8 Å². The fourth-order valence-electron chi connectivity index (χ4n) is 2.50. The van der Waals surface area contributed by atoms with E-state index in [1.165, 1.54) is 12.3 Å². The van der Waals surface area contributed by atoms with Gasteiger partial charge in [0.25, 0.3) is 0 Å². The van der Waals surface area contributed by atoms with Crippen molar-refractivity contribution in [1.29, 1.82) is 0 Å². The number of oxime groups is 1. The van der Waals surface area contributed by atoms with E-state index in [2.05, 4.69) is 17.1 Å². The van der Waals surface area contributed by atoms with Crippen LogP contribution in [0.2, 0.25) is 0 Å². The van der Waals surface area contributed by atoms with Crippen LogP contribution in [-0.2, 0) is 0 Å². The maximum absolute atomic E-state index is 11.3. The highest BCUT2D eigenvalue weighted by Gasteiger charge is 2.24. The normalized spacial score (nSPS) is 20.1. The van der Waals surface area contributed by atoms with E-state index in [0.29, 0.717) is 11.7 Å². The fraction of sp³-hybridized carbons (Fsp3) is 0.538. The smallest absolute Gasteiger partial charge is 0.312 e. The van der Waals surface area contributed by atoms with E-state index in [4.69, 9.17) is 10.9 Å². The first kappa shape index (κ1) is 15.0. The Kier molecular flexibility index (Phi) is 4.56. The molecular weight excluding hydrogens is 274 g/mol. The van der Waals surface area contributed by atoms with Crippen molar-refractivity contribution in [3.8, 4) is 0 Å². The summed E-state index contributed by atoms with van der Waals surface area (Å²) in [5.74, 6) is 0.774. The molecule has 1 fully saturated rings. The molecule has 0 amide bonds. The van der Waals surface area contributed by atoms with Gasteiger partial charge in [-0.2, -0.15) is 0 Å². The summed E-state index contributed by atoms with van der Waals surface area (Å²) >= 11 is 0. The van der Waals surface area contributed by atoms with E-state index in [-0.39, 0.29) is 17.1 Å². The van der Waals surface area contributed by atoms with Gasteiger partial charge in [-0.15, -0.1) is 0 Å². The first-order valence-electron chi connectivity index (χ1n) is 6.90. The van der Waals surface area contributed by atoms with Crippen molar-refractivity contribution in [3.05, 3.63) is 27.9 Å². The molecule has 1 unspecified atom stereocenters. The molecule has 0 aliphatic carbocycles. The minimum absolute atomic E-state index is 0.117. The zero-order chi connectivity index (χ0) is 15.4. The van der Waals surface area contributed by atoms with Gasteiger partial charge >= 0.3 is 5.69 Å². The van der Waals surface area contributed by atoms with Gasteiger partial charge in [0.1, 0.15) is 0 Å². The third kappa shape index (κ3) is 3.39. The molecule has 1 aliphatic heterocycles. The summed E-state index contributed by atoms with van der Waals surface area (Å²) in [5, 5.41) is 22.8. The Labute approximate surface area is 122 Å². The molecule has 8 nitrogen and oxygen atoms in total. The van der Waals surface area contributed by atoms with Gasteiger partial charge in [-0.3, -0.25) is 10.1 Å². The lowest BCUT2D eigenvalue weighted by molar-refractivity contribution is -0.384. The molecular formula is C13H19N5O3. The lowest BCUT2D eigenvalue weighted by Gasteiger charge is -2.21. The van der Waals surface area contributed by atoms with Crippen LogP contribution < -0.4 is 10.6 Å². The minimum Gasteiger partial charge on any atom is -0.409 e. The Balaban J connectivity index is 2.36. The van der Waals surface area contributed by atoms with Crippen LogP contribution in [-0.4, -0.2) is 34.0 Å². The highest BCUT2D eigenvalue weighted by molar-refractivity contribution is 5.97. The fourth-order valence-corrected chi connectivity index (χ4v) is 2.50. The lowest BCUT2D eigenvalue weighted by atomic mass is 10.0. The largest absolute Gasteiger partial charge is 0.409 e. The Morgan fingerprint density at radius 3 is 3.00 bits per heavy atom. The lowest BCUT2D eigenvalue weighted by Crippen LogP contribution is -2.26. The molecule has 2 heterocycles. The molecule has 21 heavy (non-hydrogen) atoms. The highest BCUT2D eigenvalue weighted by atomic mass is 16.6. The number of nitrogens with two attached hydrogens (primary N) is 1. The van der Waals surface area contributed by atoms with Crippen molar-refractivity contribution in [3.63, 3.8) is 0 Å². The van der Waals surface area contributed by atoms with E-state index in [9.17, 15) is 10.1 Å². The monoisotopic (exact) mass is 293 g/mol. The quantitative estimate of drug-likeness (QED) is 0.288. The van der Waals surface area contributed by atoms with Gasteiger partial charge in [-0.05, 0) is 25.2 Å². The molecule has 3 N–H and O–H groups in total. The van der Waals surface area contributed by atoms with Crippen molar-refractivity contribution in [2.75, 3.05) is 18.0 Å². The van der Waals surface area contributed by atoms with Crippen LogP contribution in [0.25, 0.3) is 0 Å². The van der Waals surface area contributed by atoms with Gasteiger partial charge < -0.3 is 15.8 Å². The summed E-state index contributed by atoms with van der Waals surface area (Å²) in [7, 11) is 0. The molecule has 0 aromatic carbocycles. The summed E-state index contributed by atoms with van der Waals surface area (Å²) in [5.41, 5.74) is 5.57. The third-order valence-electron chi connectivity index (χ3n) is 3.76. The van der Waals surface area contributed by atoms with Crippen LogP contribution >= 0.6 is 0 Å². The van der Waals surface area contributed by atoms with Crippen LogP contribution in [0.3, 0.4) is 0 Å². The van der Waals surface area contributed by atoms with Gasteiger partial charge in [0.15, 0.2) is 5.84 Å². The van der Waals surface area contributed by atoms with Crippen molar-refractivity contribution in [1.82, 2.24) is 4.98 Å². The molecule has 1 atom stereocenters. The molecule has 2 rings (SSSR count). The summed E-state index contributed by atoms with van der Waals surface area (Å²) < 4.78 is 0. The van der Waals surface area contributed by atoms with E-state index in [1.54, 1.807) is 0 Å². The van der Waals surface area contributed by atoms with Crippen LogP contribution in [0.1, 0.15) is 31.7 Å². The molecule has 0 bridgehead atoms. The number of nitrogens with zero attached hydrogens (tertiary/aromatic N) is 4. The van der Waals surface area contributed by atoms with Gasteiger partial charge in [0, 0.05) is 30.9 Å². The summed E-state index contributed by atoms with van der Waals surface area (Å²) in [6.07, 6.45) is 4.49. The van der Waals surface area contributed by atoms with Gasteiger partial charge in [0.2, 0.25) is 5.82 Å². The van der Waals surface area contributed by atoms with Crippen molar-refractivity contribution < 1.29 is 10.1 Å². The molecule has 8 heteroatoms. The van der Waals surface area contributed by atoms with Crippen molar-refractivity contribution >= 4 is 17.3 Å². The van der Waals surface area contributed by atoms with E-state index in [0.717, 1.165) is 32.4 Å². The number of aromatic nitrogens is 1. The summed E-state index contributed by atoms with van der Waals surface area (Å²) in [6, 6.07) is 1.30. The number of nitro groups is 1. The Bertz CT molecular complexity index is 561. The number of rotatable bonds is 3. The molecule has 0 saturated carbocycles. The number of hydrogen-bond acceptors (Lipinski definition) is 6. The molecule has 114 valence electrons. The van der Waals surface area contributed by atoms with E-state index < -0.39 is 4.92 Å². The van der Waals surface area contributed by atoms with Crippen LogP contribution in [0.5, 0.6) is 0 Å². The molecule has 1 aromatic heterocycles. The standard InChI is InChI=1S/C13H19N5O3/c1-9-3-2-5-17(6-4-9)13-11(18(20)21)7-10(8-15-13)12(14)16-19/h7-9,19H,2-6H2,1H3,(H2,14,16). The molecule has 1 aromatic rings. The minimum atomic E-state index is -0.481. The van der Waals surface area contributed by atoms with Gasteiger partial charge in [-0.1, -0.05) is 12.1 Å². The summed E-state index contributed by atoms with van der Waals surface area (Å²) in [4.78, 5) is 16.9. The first-order valence-corrected chi connectivity index (χ1v) is 6.90. The average Bonchev–Trinajstić information content (AvgIpc) is 2.70.